The van der Waals surface area contributed by atoms with E-state index >= 15 is 0 Å². The predicted octanol–water partition coefficient (Wildman–Crippen LogP) is 3.90. The molecule has 0 heterocycles. The van der Waals surface area contributed by atoms with Crippen molar-refractivity contribution < 1.29 is 22.1 Å². The Balaban J connectivity index is 3.65. The van der Waals surface area contributed by atoms with Crippen LogP contribution in [0.15, 0.2) is 0 Å². The van der Waals surface area contributed by atoms with Gasteiger partial charge in [-0.3, -0.25) is 4.39 Å². The molecule has 19 heavy (non-hydrogen) atoms. The van der Waals surface area contributed by atoms with Gasteiger partial charge in [-0.05, 0) is 12.8 Å². The van der Waals surface area contributed by atoms with Crippen molar-refractivity contribution in [3.05, 3.63) is 0 Å². The Morgan fingerprint density at radius 1 is 0.842 bits per heavy atom. The van der Waals surface area contributed by atoms with E-state index in [1.165, 1.54) is 21.3 Å². The van der Waals surface area contributed by atoms with Crippen LogP contribution in [0.4, 0.5) is 8.78 Å². The van der Waals surface area contributed by atoms with E-state index in [0.717, 1.165) is 32.1 Å². The molecular weight excluding hydrogens is 270 g/mol. The van der Waals surface area contributed by atoms with E-state index in [4.69, 9.17) is 13.3 Å². The van der Waals surface area contributed by atoms with Gasteiger partial charge in [0.2, 0.25) is 0 Å². The van der Waals surface area contributed by atoms with E-state index in [0.29, 0.717) is 12.8 Å². The minimum atomic E-state index is -2.78. The second-order valence-electron chi connectivity index (χ2n) is 4.70. The van der Waals surface area contributed by atoms with Crippen LogP contribution in [0.5, 0.6) is 0 Å². The van der Waals surface area contributed by atoms with Gasteiger partial charge in [0, 0.05) is 27.4 Å². The van der Waals surface area contributed by atoms with Crippen LogP contribution < -0.4 is 0 Å². The molecule has 0 radical (unpaired) electrons. The molecule has 0 aliphatic carbocycles. The summed E-state index contributed by atoms with van der Waals surface area (Å²) in [6.07, 6.45) is 5.07. The molecule has 0 fully saturated rings. The molecule has 0 aliphatic rings. The smallest absolute Gasteiger partial charge is 0.377 e. The molecule has 116 valence electrons. The number of halogens is 2. The van der Waals surface area contributed by atoms with Gasteiger partial charge in [-0.15, -0.1) is 0 Å². The molecule has 0 rings (SSSR count). The van der Waals surface area contributed by atoms with Gasteiger partial charge in [0.15, 0.2) is 0 Å². The molecule has 1 unspecified atom stereocenters. The minimum absolute atomic E-state index is 0.207. The van der Waals surface area contributed by atoms with Crippen LogP contribution in [0.3, 0.4) is 0 Å². The minimum Gasteiger partial charge on any atom is -0.377 e. The second kappa shape index (κ2) is 11.8. The third kappa shape index (κ3) is 8.68. The largest absolute Gasteiger partial charge is 0.503 e. The molecule has 0 amide bonds. The SMILES string of the molecule is CO[Si](CC(F)CCCCCCCCF)(OC)OC. The summed E-state index contributed by atoms with van der Waals surface area (Å²) < 4.78 is 41.3. The summed E-state index contributed by atoms with van der Waals surface area (Å²) in [5, 5.41) is 0. The summed E-state index contributed by atoms with van der Waals surface area (Å²) in [4.78, 5) is 0. The fraction of sp³-hybridized carbons (Fsp3) is 1.00. The van der Waals surface area contributed by atoms with E-state index in [1.807, 2.05) is 0 Å². The van der Waals surface area contributed by atoms with E-state index in [9.17, 15) is 8.78 Å². The van der Waals surface area contributed by atoms with Crippen molar-refractivity contribution in [2.45, 2.75) is 57.2 Å². The number of hydrogen-bond acceptors (Lipinski definition) is 3. The zero-order chi connectivity index (χ0) is 14.6. The van der Waals surface area contributed by atoms with Crippen molar-refractivity contribution in [3.63, 3.8) is 0 Å². The Kier molecular flexibility index (Phi) is 11.7. The van der Waals surface area contributed by atoms with Crippen molar-refractivity contribution in [1.82, 2.24) is 0 Å². The molecule has 0 bridgehead atoms. The summed E-state index contributed by atoms with van der Waals surface area (Å²) in [7, 11) is 1.71. The zero-order valence-electron chi connectivity index (χ0n) is 12.4. The number of rotatable bonds is 13. The fourth-order valence-corrected chi connectivity index (χ4v) is 3.79. The molecule has 0 spiro atoms. The maximum absolute atomic E-state index is 13.8. The third-order valence-electron chi connectivity index (χ3n) is 3.31. The normalized spacial score (nSPS) is 13.7. The summed E-state index contributed by atoms with van der Waals surface area (Å²) >= 11 is 0. The molecule has 0 aromatic heterocycles. The highest BCUT2D eigenvalue weighted by Crippen LogP contribution is 2.21. The highest BCUT2D eigenvalue weighted by molar-refractivity contribution is 6.60. The first-order chi connectivity index (χ1) is 9.14. The summed E-state index contributed by atoms with van der Waals surface area (Å²) in [5.41, 5.74) is 0. The Bertz CT molecular complexity index is 196. The van der Waals surface area contributed by atoms with Crippen LogP contribution >= 0.6 is 0 Å². The van der Waals surface area contributed by atoms with Crippen molar-refractivity contribution in [2.24, 2.45) is 0 Å². The molecule has 0 N–H and O–H groups in total. The maximum Gasteiger partial charge on any atom is 0.503 e. The molecule has 1 atom stereocenters. The first-order valence-electron chi connectivity index (χ1n) is 6.99. The van der Waals surface area contributed by atoms with Gasteiger partial charge in [0.25, 0.3) is 0 Å². The molecule has 6 heteroatoms. The van der Waals surface area contributed by atoms with E-state index in [2.05, 4.69) is 0 Å². The predicted molar refractivity (Wildman–Crippen MR) is 74.8 cm³/mol. The van der Waals surface area contributed by atoms with Crippen LogP contribution in [0.2, 0.25) is 6.04 Å². The van der Waals surface area contributed by atoms with Gasteiger partial charge in [0.1, 0.15) is 6.17 Å². The van der Waals surface area contributed by atoms with E-state index in [-0.39, 0.29) is 12.7 Å². The lowest BCUT2D eigenvalue weighted by Crippen LogP contribution is -2.44. The Morgan fingerprint density at radius 3 is 1.79 bits per heavy atom. The highest BCUT2D eigenvalue weighted by atomic mass is 28.4. The van der Waals surface area contributed by atoms with Gasteiger partial charge in [0.05, 0.1) is 6.67 Å². The van der Waals surface area contributed by atoms with Gasteiger partial charge < -0.3 is 13.3 Å². The number of hydrogen-bond donors (Lipinski definition) is 0. The Hall–Kier alpha value is -0.0431. The average Bonchev–Trinajstić information content (AvgIpc) is 2.44. The molecule has 0 aliphatic heterocycles. The quantitative estimate of drug-likeness (QED) is 0.381. The molecule has 0 saturated heterocycles. The van der Waals surface area contributed by atoms with E-state index in [1.54, 1.807) is 0 Å². The first-order valence-corrected chi connectivity index (χ1v) is 8.92. The zero-order valence-corrected chi connectivity index (χ0v) is 13.4. The molecule has 0 aromatic rings. The van der Waals surface area contributed by atoms with Crippen LogP contribution in [0.25, 0.3) is 0 Å². The van der Waals surface area contributed by atoms with Crippen molar-refractivity contribution in [3.8, 4) is 0 Å². The van der Waals surface area contributed by atoms with Gasteiger partial charge in [-0.2, -0.15) is 0 Å². The highest BCUT2D eigenvalue weighted by Gasteiger charge is 2.40. The van der Waals surface area contributed by atoms with Crippen molar-refractivity contribution >= 4 is 8.80 Å². The monoisotopic (exact) mass is 298 g/mol. The fourth-order valence-electron chi connectivity index (χ4n) is 2.04. The van der Waals surface area contributed by atoms with Crippen molar-refractivity contribution in [2.75, 3.05) is 28.0 Å². The summed E-state index contributed by atoms with van der Waals surface area (Å²) in [5.74, 6) is 0. The Labute approximate surface area is 117 Å². The number of unbranched alkanes of at least 4 members (excludes halogenated alkanes) is 5. The second-order valence-corrected chi connectivity index (χ2v) is 7.69. The van der Waals surface area contributed by atoms with Crippen LogP contribution in [0.1, 0.15) is 44.9 Å². The first kappa shape index (κ1) is 19.0. The van der Waals surface area contributed by atoms with Gasteiger partial charge >= 0.3 is 8.80 Å². The third-order valence-corrected chi connectivity index (χ3v) is 6.11. The standard InChI is InChI=1S/C13H28F2O3Si/c1-16-19(17-2,18-3)12-13(15)10-8-6-4-5-7-9-11-14/h13H,4-12H2,1-3H3. The number of alkyl halides is 2. The van der Waals surface area contributed by atoms with Gasteiger partial charge in [-0.1, -0.05) is 32.1 Å². The maximum atomic E-state index is 13.8. The van der Waals surface area contributed by atoms with Crippen LogP contribution in [-0.4, -0.2) is 43.0 Å². The lowest BCUT2D eigenvalue weighted by molar-refractivity contribution is 0.112. The van der Waals surface area contributed by atoms with Crippen LogP contribution in [0, 0.1) is 0 Å². The lowest BCUT2D eigenvalue weighted by Gasteiger charge is -2.25. The topological polar surface area (TPSA) is 27.7 Å². The van der Waals surface area contributed by atoms with E-state index < -0.39 is 15.0 Å². The molecular formula is C13H28F2O3Si. The van der Waals surface area contributed by atoms with Crippen molar-refractivity contribution in [1.29, 1.82) is 0 Å². The summed E-state index contributed by atoms with van der Waals surface area (Å²) in [6, 6.07) is 0.207. The molecule has 3 nitrogen and oxygen atoms in total. The Morgan fingerprint density at radius 2 is 1.32 bits per heavy atom. The van der Waals surface area contributed by atoms with Crippen LogP contribution in [-0.2, 0) is 13.3 Å². The lowest BCUT2D eigenvalue weighted by atomic mass is 10.1. The molecule has 0 aromatic carbocycles. The average molecular weight is 298 g/mol. The molecule has 0 saturated carbocycles. The van der Waals surface area contributed by atoms with Gasteiger partial charge in [-0.25, -0.2) is 4.39 Å². The summed E-state index contributed by atoms with van der Waals surface area (Å²) in [6.45, 7) is -0.232.